The Balaban J connectivity index is 4.14. The van der Waals surface area contributed by atoms with Gasteiger partial charge in [0.1, 0.15) is 6.42 Å². The van der Waals surface area contributed by atoms with Crippen LogP contribution in [0.5, 0.6) is 0 Å². The van der Waals surface area contributed by atoms with Crippen LogP contribution >= 0.6 is 0 Å². The molecule has 54 valence electrons. The maximum atomic E-state index is 8.32. The number of rotatable bonds is 3. The van der Waals surface area contributed by atoms with E-state index in [2.05, 4.69) is 9.58 Å². The van der Waals surface area contributed by atoms with E-state index in [9.17, 15) is 0 Å². The van der Waals surface area contributed by atoms with Crippen LogP contribution in [0.15, 0.2) is 0 Å². The van der Waals surface area contributed by atoms with Gasteiger partial charge in [-0.25, -0.2) is 0 Å². The molecule has 0 fully saturated rings. The van der Waals surface area contributed by atoms with Crippen molar-refractivity contribution in [3.8, 4) is 0 Å². The van der Waals surface area contributed by atoms with E-state index >= 15 is 0 Å². The third kappa shape index (κ3) is 2.92. The molecule has 0 spiro atoms. The second-order valence-corrected chi connectivity index (χ2v) is 2.03. The molecule has 0 aliphatic rings. The lowest BCUT2D eigenvalue weighted by Gasteiger charge is -1.81. The van der Waals surface area contributed by atoms with E-state index in [0.717, 1.165) is 0 Å². The van der Waals surface area contributed by atoms with Crippen molar-refractivity contribution in [2.75, 3.05) is 0 Å². The van der Waals surface area contributed by atoms with Crippen molar-refractivity contribution in [3.05, 3.63) is 11.1 Å². The first-order valence-electron chi connectivity index (χ1n) is 3.11. The van der Waals surface area contributed by atoms with Gasteiger partial charge in [0.05, 0.1) is 0 Å². The second kappa shape index (κ2) is 4.62. The molecule has 0 aromatic heterocycles. The van der Waals surface area contributed by atoms with Gasteiger partial charge in [0.2, 0.25) is 0 Å². The molecule has 0 saturated heterocycles. The fourth-order valence-electron chi connectivity index (χ4n) is 0.562. The molecular formula is C6H10N4. The molecule has 0 bridgehead atoms. The van der Waals surface area contributed by atoms with Gasteiger partial charge in [-0.1, -0.05) is 6.92 Å². The van der Waals surface area contributed by atoms with Crippen LogP contribution in [-0.4, -0.2) is 21.0 Å². The Labute approximate surface area is 59.7 Å². The molecule has 0 rings (SSSR count). The molecular weight excluding hydrogens is 128 g/mol. The maximum Gasteiger partial charge on any atom is 0.279 e. The molecule has 0 amide bonds. The summed E-state index contributed by atoms with van der Waals surface area (Å²) in [5.74, 6) is 0. The second-order valence-electron chi connectivity index (χ2n) is 2.03. The minimum atomic E-state index is 0.434. The lowest BCUT2D eigenvalue weighted by Crippen LogP contribution is -2.05. The topological polar surface area (TPSA) is 72.8 Å². The lowest BCUT2D eigenvalue weighted by atomic mass is 10.1. The van der Waals surface area contributed by atoms with Gasteiger partial charge in [-0.15, -0.1) is 0 Å². The minimum Gasteiger partial charge on any atom is -0.362 e. The SMILES string of the molecule is CCC(CC(C)=[N+]=[N-])=[N+]=[N-]. The summed E-state index contributed by atoms with van der Waals surface area (Å²) in [4.78, 5) is 5.97. The van der Waals surface area contributed by atoms with Crippen LogP contribution in [0, 0.1) is 0 Å². The largest absolute Gasteiger partial charge is 0.362 e. The van der Waals surface area contributed by atoms with Crippen LogP contribution < -0.4 is 0 Å². The molecule has 0 aliphatic heterocycles. The van der Waals surface area contributed by atoms with Crippen LogP contribution in [0.3, 0.4) is 0 Å². The maximum absolute atomic E-state index is 8.32. The molecule has 0 unspecified atom stereocenters. The number of nitrogens with zero attached hydrogens (tertiary/aromatic N) is 4. The fourth-order valence-corrected chi connectivity index (χ4v) is 0.562. The van der Waals surface area contributed by atoms with E-state index in [0.29, 0.717) is 24.3 Å². The number of hydrogen-bond donors (Lipinski definition) is 0. The summed E-state index contributed by atoms with van der Waals surface area (Å²) in [5, 5.41) is 0. The summed E-state index contributed by atoms with van der Waals surface area (Å²) in [7, 11) is 0. The predicted octanol–water partition coefficient (Wildman–Crippen LogP) is 1.15. The van der Waals surface area contributed by atoms with Crippen molar-refractivity contribution in [2.45, 2.75) is 26.7 Å². The number of hydrogen-bond acceptors (Lipinski definition) is 0. The Bertz CT molecular complexity index is 206. The average molecular weight is 138 g/mol. The van der Waals surface area contributed by atoms with Crippen LogP contribution in [0.25, 0.3) is 11.1 Å². The van der Waals surface area contributed by atoms with E-state index in [-0.39, 0.29) is 0 Å². The zero-order valence-corrected chi connectivity index (χ0v) is 6.20. The molecule has 0 heterocycles. The highest BCUT2D eigenvalue weighted by Crippen LogP contribution is 1.88. The molecule has 0 radical (unpaired) electrons. The molecule has 0 saturated carbocycles. The molecule has 4 heteroatoms. The van der Waals surface area contributed by atoms with Crippen molar-refractivity contribution >= 4 is 11.4 Å². The van der Waals surface area contributed by atoms with Gasteiger partial charge >= 0.3 is 0 Å². The highest BCUT2D eigenvalue weighted by atomic mass is 14.9. The Hall–Kier alpha value is -1.24. The summed E-state index contributed by atoms with van der Waals surface area (Å²) in [6.07, 6.45) is 1.10. The van der Waals surface area contributed by atoms with Gasteiger partial charge in [0.25, 0.3) is 11.4 Å². The third-order valence-corrected chi connectivity index (χ3v) is 1.18. The Morgan fingerprint density at radius 3 is 2.20 bits per heavy atom. The van der Waals surface area contributed by atoms with Crippen molar-refractivity contribution in [1.82, 2.24) is 0 Å². The van der Waals surface area contributed by atoms with Gasteiger partial charge in [0.15, 0.2) is 0 Å². The van der Waals surface area contributed by atoms with E-state index in [4.69, 9.17) is 11.1 Å². The molecule has 4 nitrogen and oxygen atoms in total. The smallest absolute Gasteiger partial charge is 0.279 e. The molecule has 0 aromatic carbocycles. The molecule has 0 atom stereocenters. The van der Waals surface area contributed by atoms with Gasteiger partial charge in [-0.2, -0.15) is 9.58 Å². The molecule has 0 N–H and O–H groups in total. The first kappa shape index (κ1) is 8.76. The van der Waals surface area contributed by atoms with Crippen molar-refractivity contribution in [1.29, 1.82) is 0 Å². The Morgan fingerprint density at radius 1 is 1.30 bits per heavy atom. The highest BCUT2D eigenvalue weighted by molar-refractivity contribution is 5.98. The van der Waals surface area contributed by atoms with E-state index in [1.165, 1.54) is 0 Å². The standard InChI is InChI=1S/C6H10N4/c1-3-6(10-8)4-5(2)9-7/h3-4H2,1-2H3. The first-order chi connectivity index (χ1) is 4.74. The summed E-state index contributed by atoms with van der Waals surface area (Å²) in [6.45, 7) is 3.54. The third-order valence-electron chi connectivity index (χ3n) is 1.18. The Kier molecular flexibility index (Phi) is 4.05. The van der Waals surface area contributed by atoms with Gasteiger partial charge in [0, 0.05) is 13.3 Å². The zero-order valence-electron chi connectivity index (χ0n) is 6.20. The average Bonchev–Trinajstić information content (AvgIpc) is 1.99. The van der Waals surface area contributed by atoms with Crippen LogP contribution in [0.1, 0.15) is 26.7 Å². The van der Waals surface area contributed by atoms with Gasteiger partial charge in [-0.05, 0) is 0 Å². The monoisotopic (exact) mass is 138 g/mol. The van der Waals surface area contributed by atoms with Gasteiger partial charge < -0.3 is 11.1 Å². The van der Waals surface area contributed by atoms with E-state index in [1.807, 2.05) is 6.92 Å². The molecule has 10 heavy (non-hydrogen) atoms. The van der Waals surface area contributed by atoms with E-state index < -0.39 is 0 Å². The fraction of sp³-hybridized carbons (Fsp3) is 0.667. The van der Waals surface area contributed by atoms with Crippen molar-refractivity contribution < 1.29 is 9.58 Å². The Morgan fingerprint density at radius 2 is 1.90 bits per heavy atom. The van der Waals surface area contributed by atoms with Crippen LogP contribution in [-0.2, 0) is 0 Å². The summed E-state index contributed by atoms with van der Waals surface area (Å²) in [6, 6.07) is 0. The normalized spacial score (nSPS) is 7.80. The first-order valence-corrected chi connectivity index (χ1v) is 3.11. The lowest BCUT2D eigenvalue weighted by molar-refractivity contribution is -0.0184. The molecule has 0 aliphatic carbocycles. The van der Waals surface area contributed by atoms with Crippen LogP contribution in [0.2, 0.25) is 0 Å². The zero-order chi connectivity index (χ0) is 7.98. The summed E-state index contributed by atoms with van der Waals surface area (Å²) < 4.78 is 0. The van der Waals surface area contributed by atoms with Crippen molar-refractivity contribution in [3.63, 3.8) is 0 Å². The molecule has 0 aromatic rings. The summed E-state index contributed by atoms with van der Waals surface area (Å²) >= 11 is 0. The van der Waals surface area contributed by atoms with E-state index in [1.54, 1.807) is 6.92 Å². The van der Waals surface area contributed by atoms with Gasteiger partial charge in [-0.3, -0.25) is 0 Å². The van der Waals surface area contributed by atoms with Crippen molar-refractivity contribution in [2.24, 2.45) is 0 Å². The predicted molar refractivity (Wildman–Crippen MR) is 37.8 cm³/mol. The summed E-state index contributed by atoms with van der Waals surface area (Å²) in [5.41, 5.74) is 17.7. The quantitative estimate of drug-likeness (QED) is 0.319. The minimum absolute atomic E-state index is 0.434. The highest BCUT2D eigenvalue weighted by Gasteiger charge is 2.10. The van der Waals surface area contributed by atoms with Crippen LogP contribution in [0.4, 0.5) is 0 Å².